The maximum atomic E-state index is 9.66. The second kappa shape index (κ2) is 4.87. The van der Waals surface area contributed by atoms with Gasteiger partial charge in [-0.3, -0.25) is 4.90 Å². The number of hydrogen-bond acceptors (Lipinski definition) is 3. The third-order valence-corrected chi connectivity index (χ3v) is 4.94. The molecule has 2 aliphatic heterocycles. The van der Waals surface area contributed by atoms with E-state index in [9.17, 15) is 5.11 Å². The van der Waals surface area contributed by atoms with E-state index in [0.717, 1.165) is 32.5 Å². The van der Waals surface area contributed by atoms with E-state index in [-0.39, 0.29) is 11.7 Å². The van der Waals surface area contributed by atoms with Crippen LogP contribution < -0.4 is 0 Å². The lowest BCUT2D eigenvalue weighted by Gasteiger charge is -2.45. The van der Waals surface area contributed by atoms with Gasteiger partial charge in [0.1, 0.15) is 0 Å². The summed E-state index contributed by atoms with van der Waals surface area (Å²) in [5, 5.41) is 9.66. The first-order chi connectivity index (χ1) is 8.27. The normalized spacial score (nSPS) is 38.6. The predicted molar refractivity (Wildman–Crippen MR) is 67.0 cm³/mol. The van der Waals surface area contributed by atoms with Crippen LogP contribution in [0.5, 0.6) is 0 Å². The molecule has 0 bridgehead atoms. The van der Waals surface area contributed by atoms with Crippen LogP contribution in [0.4, 0.5) is 0 Å². The fraction of sp³-hybridized carbons (Fsp3) is 1.00. The molecule has 2 atom stereocenters. The van der Waals surface area contributed by atoms with Crippen LogP contribution in [0.15, 0.2) is 0 Å². The van der Waals surface area contributed by atoms with Crippen LogP contribution in [-0.2, 0) is 4.74 Å². The van der Waals surface area contributed by atoms with E-state index in [4.69, 9.17) is 4.74 Å². The van der Waals surface area contributed by atoms with Gasteiger partial charge in [-0.05, 0) is 32.1 Å². The largest absolute Gasteiger partial charge is 0.392 e. The van der Waals surface area contributed by atoms with Crippen LogP contribution in [0.2, 0.25) is 0 Å². The molecule has 98 valence electrons. The van der Waals surface area contributed by atoms with Gasteiger partial charge in [0.15, 0.2) is 0 Å². The van der Waals surface area contributed by atoms with Gasteiger partial charge < -0.3 is 9.84 Å². The van der Waals surface area contributed by atoms with Gasteiger partial charge in [-0.15, -0.1) is 0 Å². The Morgan fingerprint density at radius 2 is 1.94 bits per heavy atom. The molecule has 3 heteroatoms. The van der Waals surface area contributed by atoms with Gasteiger partial charge in [0.25, 0.3) is 0 Å². The van der Waals surface area contributed by atoms with Crippen molar-refractivity contribution in [2.24, 2.45) is 0 Å². The number of hydrogen-bond donors (Lipinski definition) is 1. The SMILES string of the molecule is O[C@@H]1CCN(C2CCOC3(CCCCC3)C2)C1. The van der Waals surface area contributed by atoms with Gasteiger partial charge in [0.05, 0.1) is 11.7 Å². The lowest BCUT2D eigenvalue weighted by Crippen LogP contribution is -2.49. The van der Waals surface area contributed by atoms with Gasteiger partial charge in [-0.2, -0.15) is 0 Å². The summed E-state index contributed by atoms with van der Waals surface area (Å²) in [6, 6.07) is 0.666. The van der Waals surface area contributed by atoms with Gasteiger partial charge in [0.2, 0.25) is 0 Å². The van der Waals surface area contributed by atoms with E-state index in [1.165, 1.54) is 38.5 Å². The topological polar surface area (TPSA) is 32.7 Å². The molecule has 17 heavy (non-hydrogen) atoms. The Bertz CT molecular complexity index is 257. The van der Waals surface area contributed by atoms with Crippen molar-refractivity contribution in [1.29, 1.82) is 0 Å². The number of aliphatic hydroxyl groups is 1. The minimum Gasteiger partial charge on any atom is -0.392 e. The van der Waals surface area contributed by atoms with Gasteiger partial charge >= 0.3 is 0 Å². The molecule has 2 saturated heterocycles. The predicted octanol–water partition coefficient (Wildman–Crippen LogP) is 1.93. The fourth-order valence-corrected chi connectivity index (χ4v) is 3.96. The van der Waals surface area contributed by atoms with E-state index in [1.807, 2.05) is 0 Å². The van der Waals surface area contributed by atoms with Crippen molar-refractivity contribution in [3.05, 3.63) is 0 Å². The number of ether oxygens (including phenoxy) is 1. The maximum absolute atomic E-state index is 9.66. The first-order valence-electron chi connectivity index (χ1n) is 7.34. The number of nitrogens with zero attached hydrogens (tertiary/aromatic N) is 1. The van der Waals surface area contributed by atoms with E-state index >= 15 is 0 Å². The Hall–Kier alpha value is -0.120. The first kappa shape index (κ1) is 11.9. The lowest BCUT2D eigenvalue weighted by atomic mass is 9.78. The third kappa shape index (κ3) is 2.51. The Labute approximate surface area is 104 Å². The van der Waals surface area contributed by atoms with E-state index in [0.29, 0.717) is 6.04 Å². The maximum Gasteiger partial charge on any atom is 0.0697 e. The van der Waals surface area contributed by atoms with Gasteiger partial charge in [0, 0.05) is 25.7 Å². The summed E-state index contributed by atoms with van der Waals surface area (Å²) in [5.74, 6) is 0. The Morgan fingerprint density at radius 3 is 2.65 bits per heavy atom. The fourth-order valence-electron chi connectivity index (χ4n) is 3.96. The van der Waals surface area contributed by atoms with Crippen molar-refractivity contribution < 1.29 is 9.84 Å². The number of β-amino-alcohol motifs (C(OH)–C–C–N with tert-alkyl or cyclic N) is 1. The number of aliphatic hydroxyl groups excluding tert-OH is 1. The van der Waals surface area contributed by atoms with Crippen LogP contribution in [0.1, 0.15) is 51.4 Å². The second-order valence-corrected chi connectivity index (χ2v) is 6.18. The molecule has 1 aliphatic carbocycles. The van der Waals surface area contributed by atoms with E-state index in [2.05, 4.69) is 4.90 Å². The second-order valence-electron chi connectivity index (χ2n) is 6.18. The van der Waals surface area contributed by atoms with Crippen molar-refractivity contribution in [1.82, 2.24) is 4.90 Å². The average Bonchev–Trinajstić information content (AvgIpc) is 2.77. The molecule has 3 aliphatic rings. The molecule has 1 unspecified atom stereocenters. The quantitative estimate of drug-likeness (QED) is 0.759. The molecule has 3 nitrogen and oxygen atoms in total. The van der Waals surface area contributed by atoms with Gasteiger partial charge in [-0.1, -0.05) is 19.3 Å². The molecular formula is C14H25NO2. The minimum absolute atomic E-state index is 0.0832. The third-order valence-electron chi connectivity index (χ3n) is 4.94. The van der Waals surface area contributed by atoms with E-state index < -0.39 is 0 Å². The molecule has 1 saturated carbocycles. The Morgan fingerprint density at radius 1 is 1.12 bits per heavy atom. The summed E-state index contributed by atoms with van der Waals surface area (Å²) >= 11 is 0. The average molecular weight is 239 g/mol. The minimum atomic E-state index is -0.0832. The molecule has 3 fully saturated rings. The zero-order chi connectivity index (χ0) is 11.7. The van der Waals surface area contributed by atoms with E-state index in [1.54, 1.807) is 0 Å². The molecule has 1 spiro atoms. The smallest absolute Gasteiger partial charge is 0.0697 e. The summed E-state index contributed by atoms with van der Waals surface area (Å²) in [4.78, 5) is 2.50. The highest BCUT2D eigenvalue weighted by molar-refractivity contribution is 4.94. The van der Waals surface area contributed by atoms with Crippen molar-refractivity contribution in [3.63, 3.8) is 0 Å². The van der Waals surface area contributed by atoms with Crippen LogP contribution in [0, 0.1) is 0 Å². The highest BCUT2D eigenvalue weighted by atomic mass is 16.5. The molecule has 0 aromatic rings. The monoisotopic (exact) mass is 239 g/mol. The molecule has 1 N–H and O–H groups in total. The van der Waals surface area contributed by atoms with Crippen LogP contribution in [-0.4, -0.2) is 47.4 Å². The van der Waals surface area contributed by atoms with Gasteiger partial charge in [-0.25, -0.2) is 0 Å². The molecule has 2 heterocycles. The standard InChI is InChI=1S/C14H25NO2/c16-13-4-8-15(11-13)12-5-9-17-14(10-12)6-2-1-3-7-14/h12-13,16H,1-11H2/t12?,13-/m1/s1. The van der Waals surface area contributed by atoms with Crippen molar-refractivity contribution in [2.75, 3.05) is 19.7 Å². The molecular weight excluding hydrogens is 214 g/mol. The lowest BCUT2D eigenvalue weighted by molar-refractivity contribution is -0.122. The van der Waals surface area contributed by atoms with Crippen molar-refractivity contribution in [3.8, 4) is 0 Å². The van der Waals surface area contributed by atoms with Crippen LogP contribution >= 0.6 is 0 Å². The highest BCUT2D eigenvalue weighted by Gasteiger charge is 2.41. The Kier molecular flexibility index (Phi) is 3.42. The first-order valence-corrected chi connectivity index (χ1v) is 7.34. The summed E-state index contributed by atoms with van der Waals surface area (Å²) < 4.78 is 6.13. The van der Waals surface area contributed by atoms with Crippen LogP contribution in [0.3, 0.4) is 0 Å². The van der Waals surface area contributed by atoms with Crippen molar-refractivity contribution >= 4 is 0 Å². The summed E-state index contributed by atoms with van der Waals surface area (Å²) in [7, 11) is 0. The highest BCUT2D eigenvalue weighted by Crippen LogP contribution is 2.40. The molecule has 0 aromatic heterocycles. The molecule has 3 rings (SSSR count). The molecule has 0 radical (unpaired) electrons. The summed E-state index contributed by atoms with van der Waals surface area (Å²) in [5.41, 5.74) is 0.203. The number of likely N-dealkylation sites (tertiary alicyclic amines) is 1. The zero-order valence-electron chi connectivity index (χ0n) is 10.7. The zero-order valence-corrected chi connectivity index (χ0v) is 10.7. The molecule has 0 aromatic carbocycles. The summed E-state index contributed by atoms with van der Waals surface area (Å²) in [6.07, 6.45) is 9.85. The number of rotatable bonds is 1. The molecule has 0 amide bonds. The Balaban J connectivity index is 1.62. The summed E-state index contributed by atoms with van der Waals surface area (Å²) in [6.45, 7) is 2.90. The van der Waals surface area contributed by atoms with Crippen LogP contribution in [0.25, 0.3) is 0 Å². The van der Waals surface area contributed by atoms with Crippen molar-refractivity contribution in [2.45, 2.75) is 69.1 Å².